The average Bonchev–Trinajstić information content (AvgIpc) is 2.29. The van der Waals surface area contributed by atoms with Crippen LogP contribution in [0.1, 0.15) is 22.3 Å². The van der Waals surface area contributed by atoms with Crippen molar-refractivity contribution in [3.05, 3.63) is 39.4 Å². The molecule has 6 nitrogen and oxygen atoms in total. The number of non-ortho nitro benzene ring substituents is 1. The molecule has 6 heteroatoms. The first kappa shape index (κ1) is 12.7. The number of aliphatic hydroxyl groups excluding tert-OH is 1. The zero-order valence-electron chi connectivity index (χ0n) is 8.71. The lowest BCUT2D eigenvalue weighted by atomic mass is 10.1. The van der Waals surface area contributed by atoms with Crippen molar-refractivity contribution in [1.29, 1.82) is 0 Å². The van der Waals surface area contributed by atoms with E-state index in [2.05, 4.69) is 11.8 Å². The van der Waals surface area contributed by atoms with Gasteiger partial charge in [-0.25, -0.2) is 4.79 Å². The van der Waals surface area contributed by atoms with Crippen LogP contribution in [0, 0.1) is 22.0 Å². The molecular weight excluding hydrogens is 226 g/mol. The third kappa shape index (κ3) is 3.29. The SMILES string of the molecule is O=C(O)c1cc([N+](=O)[O-])ccc1C#CCCO. The van der Waals surface area contributed by atoms with E-state index in [1.807, 2.05) is 0 Å². The van der Waals surface area contributed by atoms with Crippen LogP contribution in [0.5, 0.6) is 0 Å². The van der Waals surface area contributed by atoms with Crippen LogP contribution in [0.15, 0.2) is 18.2 Å². The molecule has 0 aliphatic carbocycles. The number of carboxylic acid groups (broad SMARTS) is 1. The number of nitro benzene ring substituents is 1. The smallest absolute Gasteiger partial charge is 0.337 e. The Bertz CT molecular complexity index is 512. The summed E-state index contributed by atoms with van der Waals surface area (Å²) >= 11 is 0. The molecule has 0 aliphatic heterocycles. The summed E-state index contributed by atoms with van der Waals surface area (Å²) in [5.74, 6) is 3.83. The summed E-state index contributed by atoms with van der Waals surface area (Å²) in [6, 6.07) is 3.44. The lowest BCUT2D eigenvalue weighted by Crippen LogP contribution is -2.01. The predicted octanol–water partition coefficient (Wildman–Crippen LogP) is 1.03. The molecule has 0 spiro atoms. The highest BCUT2D eigenvalue weighted by Crippen LogP contribution is 2.17. The van der Waals surface area contributed by atoms with Crippen LogP contribution in [0.4, 0.5) is 5.69 Å². The van der Waals surface area contributed by atoms with Crippen LogP contribution in [-0.2, 0) is 0 Å². The van der Waals surface area contributed by atoms with E-state index in [0.717, 1.165) is 6.07 Å². The first-order valence-electron chi connectivity index (χ1n) is 4.67. The van der Waals surface area contributed by atoms with Crippen molar-refractivity contribution in [1.82, 2.24) is 0 Å². The zero-order valence-corrected chi connectivity index (χ0v) is 8.71. The van der Waals surface area contributed by atoms with Crippen molar-refractivity contribution >= 4 is 11.7 Å². The van der Waals surface area contributed by atoms with Crippen LogP contribution in [0.2, 0.25) is 0 Å². The number of hydrogen-bond acceptors (Lipinski definition) is 4. The lowest BCUT2D eigenvalue weighted by molar-refractivity contribution is -0.384. The Balaban J connectivity index is 3.19. The molecule has 0 heterocycles. The first-order valence-corrected chi connectivity index (χ1v) is 4.67. The van der Waals surface area contributed by atoms with Crippen LogP contribution >= 0.6 is 0 Å². The summed E-state index contributed by atoms with van der Waals surface area (Å²) in [5.41, 5.74) is -0.323. The number of nitrogens with zero attached hydrogens (tertiary/aromatic N) is 1. The molecule has 17 heavy (non-hydrogen) atoms. The van der Waals surface area contributed by atoms with Crippen molar-refractivity contribution in [3.63, 3.8) is 0 Å². The molecule has 0 aliphatic rings. The number of carboxylic acids is 1. The fraction of sp³-hybridized carbons (Fsp3) is 0.182. The third-order valence-corrected chi connectivity index (χ3v) is 1.90. The average molecular weight is 235 g/mol. The maximum absolute atomic E-state index is 10.9. The summed E-state index contributed by atoms with van der Waals surface area (Å²) in [6.45, 7) is -0.123. The summed E-state index contributed by atoms with van der Waals surface area (Å²) in [6.07, 6.45) is 0.218. The molecule has 0 radical (unpaired) electrons. The molecule has 1 aromatic rings. The van der Waals surface area contributed by atoms with E-state index in [0.29, 0.717) is 0 Å². The normalized spacial score (nSPS) is 9.24. The Morgan fingerprint density at radius 2 is 2.18 bits per heavy atom. The predicted molar refractivity (Wildman–Crippen MR) is 58.6 cm³/mol. The largest absolute Gasteiger partial charge is 0.478 e. The molecule has 1 rings (SSSR count). The first-order chi connectivity index (χ1) is 8.06. The quantitative estimate of drug-likeness (QED) is 0.463. The lowest BCUT2D eigenvalue weighted by Gasteiger charge is -1.98. The van der Waals surface area contributed by atoms with E-state index in [4.69, 9.17) is 10.2 Å². The molecule has 88 valence electrons. The van der Waals surface area contributed by atoms with Gasteiger partial charge in [0.1, 0.15) is 0 Å². The van der Waals surface area contributed by atoms with Gasteiger partial charge in [0, 0.05) is 24.1 Å². The van der Waals surface area contributed by atoms with Gasteiger partial charge in [0.05, 0.1) is 17.1 Å². The molecule has 0 atom stereocenters. The number of nitro groups is 1. The molecule has 0 fully saturated rings. The molecule has 1 aromatic carbocycles. The Hall–Kier alpha value is -2.39. The van der Waals surface area contributed by atoms with Crippen molar-refractivity contribution in [2.24, 2.45) is 0 Å². The minimum Gasteiger partial charge on any atom is -0.478 e. The minimum absolute atomic E-state index is 0.123. The Kier molecular flexibility index (Phi) is 4.20. The molecular formula is C11H9NO5. The van der Waals surface area contributed by atoms with Gasteiger partial charge in [-0.3, -0.25) is 10.1 Å². The van der Waals surface area contributed by atoms with Crippen molar-refractivity contribution in [3.8, 4) is 11.8 Å². The van der Waals surface area contributed by atoms with Crippen LogP contribution < -0.4 is 0 Å². The molecule has 0 bridgehead atoms. The molecule has 0 aromatic heterocycles. The second-order valence-corrected chi connectivity index (χ2v) is 3.07. The maximum atomic E-state index is 10.9. The maximum Gasteiger partial charge on any atom is 0.337 e. The number of aromatic carboxylic acids is 1. The van der Waals surface area contributed by atoms with Crippen molar-refractivity contribution < 1.29 is 19.9 Å². The van der Waals surface area contributed by atoms with Crippen LogP contribution in [0.3, 0.4) is 0 Å². The van der Waals surface area contributed by atoms with E-state index in [-0.39, 0.29) is 29.8 Å². The topological polar surface area (TPSA) is 101 Å². The van der Waals surface area contributed by atoms with E-state index in [9.17, 15) is 14.9 Å². The van der Waals surface area contributed by atoms with Gasteiger partial charge in [-0.15, -0.1) is 0 Å². The molecule has 0 amide bonds. The van der Waals surface area contributed by atoms with Gasteiger partial charge in [0.2, 0.25) is 0 Å². The highest BCUT2D eigenvalue weighted by molar-refractivity contribution is 5.91. The number of aliphatic hydroxyl groups is 1. The van der Waals surface area contributed by atoms with Gasteiger partial charge in [-0.2, -0.15) is 0 Å². The molecule has 0 saturated heterocycles. The van der Waals surface area contributed by atoms with Gasteiger partial charge in [-0.1, -0.05) is 11.8 Å². The van der Waals surface area contributed by atoms with Gasteiger partial charge < -0.3 is 10.2 Å². The number of benzene rings is 1. The van der Waals surface area contributed by atoms with Crippen molar-refractivity contribution in [2.75, 3.05) is 6.61 Å². The number of hydrogen-bond donors (Lipinski definition) is 2. The highest BCUT2D eigenvalue weighted by atomic mass is 16.6. The fourth-order valence-electron chi connectivity index (χ4n) is 1.15. The minimum atomic E-state index is -1.28. The summed E-state index contributed by atoms with van der Waals surface area (Å²) in [7, 11) is 0. The van der Waals surface area contributed by atoms with E-state index < -0.39 is 10.9 Å². The van der Waals surface area contributed by atoms with Gasteiger partial charge in [0.15, 0.2) is 0 Å². The molecule has 0 unspecified atom stereocenters. The summed E-state index contributed by atoms with van der Waals surface area (Å²) in [5, 5.41) is 27.9. The Morgan fingerprint density at radius 1 is 1.47 bits per heavy atom. The number of rotatable bonds is 3. The van der Waals surface area contributed by atoms with Gasteiger partial charge in [-0.05, 0) is 6.07 Å². The Labute approximate surface area is 96.7 Å². The third-order valence-electron chi connectivity index (χ3n) is 1.90. The second-order valence-electron chi connectivity index (χ2n) is 3.07. The monoisotopic (exact) mass is 235 g/mol. The van der Waals surface area contributed by atoms with E-state index in [1.165, 1.54) is 12.1 Å². The molecule has 0 saturated carbocycles. The zero-order chi connectivity index (χ0) is 12.8. The summed E-state index contributed by atoms with van der Waals surface area (Å²) in [4.78, 5) is 20.7. The van der Waals surface area contributed by atoms with Crippen molar-refractivity contribution in [2.45, 2.75) is 6.42 Å². The van der Waals surface area contributed by atoms with E-state index >= 15 is 0 Å². The summed E-state index contributed by atoms with van der Waals surface area (Å²) < 4.78 is 0. The van der Waals surface area contributed by atoms with E-state index in [1.54, 1.807) is 0 Å². The van der Waals surface area contributed by atoms with Crippen LogP contribution in [-0.4, -0.2) is 27.7 Å². The Morgan fingerprint density at radius 3 is 2.71 bits per heavy atom. The highest BCUT2D eigenvalue weighted by Gasteiger charge is 2.14. The fourth-order valence-corrected chi connectivity index (χ4v) is 1.15. The second kappa shape index (κ2) is 5.63. The van der Waals surface area contributed by atoms with Gasteiger partial charge in [0.25, 0.3) is 5.69 Å². The number of carbonyl (C=O) groups is 1. The van der Waals surface area contributed by atoms with Gasteiger partial charge >= 0.3 is 5.97 Å². The van der Waals surface area contributed by atoms with Crippen LogP contribution in [0.25, 0.3) is 0 Å². The standard InChI is InChI=1S/C11H9NO5/c13-6-2-1-3-8-4-5-9(12(16)17)7-10(8)11(14)15/h4-5,7,13H,2,6H2,(H,14,15). The molecule has 2 N–H and O–H groups in total.